The Morgan fingerprint density at radius 1 is 1.28 bits per heavy atom. The maximum Gasteiger partial charge on any atom is 0.185 e. The third-order valence-electron chi connectivity index (χ3n) is 3.47. The lowest BCUT2D eigenvalue weighted by molar-refractivity contribution is 0.210. The zero-order valence-corrected chi connectivity index (χ0v) is 13.2. The molecule has 0 aromatic heterocycles. The Balaban J connectivity index is 2.33. The highest BCUT2D eigenvalue weighted by atomic mass is 32.1. The van der Waals surface area contributed by atoms with Gasteiger partial charge in [0.05, 0.1) is 0 Å². The summed E-state index contributed by atoms with van der Waals surface area (Å²) in [6, 6.07) is 0. The first-order chi connectivity index (χ1) is 8.47. The Morgan fingerprint density at radius 2 is 2.00 bits per heavy atom. The summed E-state index contributed by atoms with van der Waals surface area (Å²) in [6.45, 7) is 9.94. The van der Waals surface area contributed by atoms with Crippen molar-refractivity contribution < 1.29 is 0 Å². The molecule has 1 heterocycles. The Morgan fingerprint density at radius 3 is 2.61 bits per heavy atom. The summed E-state index contributed by atoms with van der Waals surface area (Å²) in [5.74, 6) is 0.714. The molecule has 0 aromatic carbocycles. The second kappa shape index (κ2) is 7.29. The van der Waals surface area contributed by atoms with Crippen molar-refractivity contribution in [1.82, 2.24) is 15.8 Å². The fraction of sp³-hybridized carbons (Fsp3) is 0.929. The Labute approximate surface area is 118 Å². The molecule has 3 nitrogen and oxygen atoms in total. The quantitative estimate of drug-likeness (QED) is 0.522. The van der Waals surface area contributed by atoms with Crippen LogP contribution in [0.2, 0.25) is 0 Å². The summed E-state index contributed by atoms with van der Waals surface area (Å²) < 4.78 is 0. The van der Waals surface area contributed by atoms with E-state index in [2.05, 4.69) is 43.4 Å². The number of rotatable bonds is 8. The van der Waals surface area contributed by atoms with E-state index in [-0.39, 0.29) is 5.66 Å². The first kappa shape index (κ1) is 15.7. The number of thiocarbonyl (C=S) groups is 1. The molecule has 2 N–H and O–H groups in total. The molecule has 1 rings (SSSR count). The molecule has 1 aliphatic heterocycles. The maximum absolute atomic E-state index is 5.40. The zero-order valence-electron chi connectivity index (χ0n) is 12.4. The summed E-state index contributed by atoms with van der Waals surface area (Å²) >= 11 is 5.40. The zero-order chi connectivity index (χ0) is 13.6. The van der Waals surface area contributed by atoms with E-state index in [0.717, 1.165) is 18.1 Å². The van der Waals surface area contributed by atoms with Gasteiger partial charge in [0.25, 0.3) is 0 Å². The highest BCUT2D eigenvalue weighted by Gasteiger charge is 2.34. The van der Waals surface area contributed by atoms with Gasteiger partial charge in [-0.15, -0.1) is 0 Å². The van der Waals surface area contributed by atoms with Crippen LogP contribution in [0, 0.1) is 5.92 Å². The molecular formula is C14H29N3S. The number of nitrogens with one attached hydrogen (secondary N) is 2. The van der Waals surface area contributed by atoms with Gasteiger partial charge in [-0.2, -0.15) is 0 Å². The SMILES string of the molecule is CCCCCCC1(C)NC(=S)N(CCC(C)C)N1. The Kier molecular flexibility index (Phi) is 6.36. The monoisotopic (exact) mass is 271 g/mol. The van der Waals surface area contributed by atoms with Crippen molar-refractivity contribution >= 4 is 17.3 Å². The second-order valence-corrected chi connectivity index (χ2v) is 6.41. The molecule has 0 aromatic rings. The number of hydrazine groups is 1. The van der Waals surface area contributed by atoms with Gasteiger partial charge in [0.2, 0.25) is 0 Å². The molecular weight excluding hydrogens is 242 g/mol. The molecule has 0 bridgehead atoms. The summed E-state index contributed by atoms with van der Waals surface area (Å²) in [7, 11) is 0. The first-order valence-corrected chi connectivity index (χ1v) is 7.75. The van der Waals surface area contributed by atoms with Crippen molar-refractivity contribution in [2.75, 3.05) is 6.54 Å². The van der Waals surface area contributed by atoms with E-state index in [1.807, 2.05) is 0 Å². The van der Waals surface area contributed by atoms with Crippen molar-refractivity contribution in [1.29, 1.82) is 0 Å². The second-order valence-electron chi connectivity index (χ2n) is 6.02. The fourth-order valence-corrected chi connectivity index (χ4v) is 2.61. The number of hydrogen-bond donors (Lipinski definition) is 2. The van der Waals surface area contributed by atoms with Crippen molar-refractivity contribution in [3.8, 4) is 0 Å². The van der Waals surface area contributed by atoms with E-state index >= 15 is 0 Å². The molecule has 1 saturated heterocycles. The summed E-state index contributed by atoms with van der Waals surface area (Å²) in [6.07, 6.45) is 7.49. The van der Waals surface area contributed by atoms with Crippen LogP contribution in [0.4, 0.5) is 0 Å². The van der Waals surface area contributed by atoms with Gasteiger partial charge >= 0.3 is 0 Å². The van der Waals surface area contributed by atoms with Crippen LogP contribution < -0.4 is 10.7 Å². The van der Waals surface area contributed by atoms with Crippen molar-refractivity contribution in [3.05, 3.63) is 0 Å². The molecule has 0 aliphatic carbocycles. The van der Waals surface area contributed by atoms with Crippen LogP contribution in [0.5, 0.6) is 0 Å². The summed E-state index contributed by atoms with van der Waals surface area (Å²) in [5.41, 5.74) is 3.49. The van der Waals surface area contributed by atoms with Crippen LogP contribution in [0.15, 0.2) is 0 Å². The van der Waals surface area contributed by atoms with Crippen molar-refractivity contribution in [2.24, 2.45) is 5.92 Å². The van der Waals surface area contributed by atoms with Crippen LogP contribution in [-0.2, 0) is 0 Å². The van der Waals surface area contributed by atoms with Gasteiger partial charge in [0.15, 0.2) is 5.11 Å². The van der Waals surface area contributed by atoms with E-state index in [9.17, 15) is 0 Å². The van der Waals surface area contributed by atoms with E-state index < -0.39 is 0 Å². The predicted molar refractivity (Wildman–Crippen MR) is 82.2 cm³/mol. The number of hydrogen-bond acceptors (Lipinski definition) is 2. The van der Waals surface area contributed by atoms with E-state index in [4.69, 9.17) is 12.2 Å². The lowest BCUT2D eigenvalue weighted by atomic mass is 10.0. The standard InChI is InChI=1S/C14H29N3S/c1-5-6-7-8-10-14(4)15-13(18)17(16-14)11-9-12(2)3/h12,16H,5-11H2,1-4H3,(H,15,18). The number of unbranched alkanes of at least 4 members (excludes halogenated alkanes) is 3. The fourth-order valence-electron chi connectivity index (χ4n) is 2.25. The summed E-state index contributed by atoms with van der Waals surface area (Å²) in [4.78, 5) is 0. The summed E-state index contributed by atoms with van der Waals surface area (Å²) in [5, 5.41) is 6.39. The van der Waals surface area contributed by atoms with Crippen LogP contribution in [0.3, 0.4) is 0 Å². The van der Waals surface area contributed by atoms with E-state index in [0.29, 0.717) is 5.92 Å². The van der Waals surface area contributed by atoms with Crippen LogP contribution in [0.1, 0.15) is 66.2 Å². The van der Waals surface area contributed by atoms with Gasteiger partial charge < -0.3 is 5.32 Å². The largest absolute Gasteiger partial charge is 0.342 e. The molecule has 4 heteroatoms. The Bertz CT molecular complexity index is 268. The molecule has 1 unspecified atom stereocenters. The van der Waals surface area contributed by atoms with Gasteiger partial charge in [-0.05, 0) is 44.3 Å². The van der Waals surface area contributed by atoms with Gasteiger partial charge in [-0.1, -0.05) is 40.0 Å². The molecule has 0 saturated carbocycles. The maximum atomic E-state index is 5.40. The third kappa shape index (κ3) is 5.11. The van der Waals surface area contributed by atoms with Gasteiger partial charge in [0.1, 0.15) is 5.66 Å². The van der Waals surface area contributed by atoms with Gasteiger partial charge in [-0.25, -0.2) is 5.43 Å². The van der Waals surface area contributed by atoms with Gasteiger partial charge in [-0.3, -0.25) is 5.01 Å². The molecule has 1 fully saturated rings. The van der Waals surface area contributed by atoms with E-state index in [1.165, 1.54) is 32.1 Å². The first-order valence-electron chi connectivity index (χ1n) is 7.34. The highest BCUT2D eigenvalue weighted by Crippen LogP contribution is 2.18. The third-order valence-corrected chi connectivity index (χ3v) is 3.79. The number of nitrogens with zero attached hydrogens (tertiary/aromatic N) is 1. The van der Waals surface area contributed by atoms with Crippen molar-refractivity contribution in [3.63, 3.8) is 0 Å². The smallest absolute Gasteiger partial charge is 0.185 e. The molecule has 0 radical (unpaired) electrons. The molecule has 1 atom stereocenters. The minimum Gasteiger partial charge on any atom is -0.342 e. The lowest BCUT2D eigenvalue weighted by Gasteiger charge is -2.25. The minimum absolute atomic E-state index is 0.0399. The molecule has 18 heavy (non-hydrogen) atoms. The van der Waals surface area contributed by atoms with E-state index in [1.54, 1.807) is 0 Å². The predicted octanol–water partition coefficient (Wildman–Crippen LogP) is 3.41. The molecule has 0 amide bonds. The Hall–Kier alpha value is -0.350. The molecule has 1 aliphatic rings. The minimum atomic E-state index is -0.0399. The topological polar surface area (TPSA) is 27.3 Å². The van der Waals surface area contributed by atoms with Crippen LogP contribution in [0.25, 0.3) is 0 Å². The molecule has 0 spiro atoms. The average molecular weight is 271 g/mol. The normalized spacial score (nSPS) is 23.8. The van der Waals surface area contributed by atoms with Crippen LogP contribution >= 0.6 is 12.2 Å². The average Bonchev–Trinajstić information content (AvgIpc) is 2.58. The van der Waals surface area contributed by atoms with Crippen molar-refractivity contribution in [2.45, 2.75) is 71.9 Å². The van der Waals surface area contributed by atoms with Crippen LogP contribution in [-0.4, -0.2) is 22.3 Å². The highest BCUT2D eigenvalue weighted by molar-refractivity contribution is 7.80. The lowest BCUT2D eigenvalue weighted by Crippen LogP contribution is -2.48. The molecule has 106 valence electrons. The van der Waals surface area contributed by atoms with Gasteiger partial charge in [0, 0.05) is 6.54 Å².